The number of hydrogen-bond acceptors (Lipinski definition) is 5. The van der Waals surface area contributed by atoms with Crippen LogP contribution in [0.3, 0.4) is 0 Å². The van der Waals surface area contributed by atoms with E-state index in [0.29, 0.717) is 11.4 Å². The molecule has 3 aromatic heterocycles. The van der Waals surface area contributed by atoms with Gasteiger partial charge in [-0.25, -0.2) is 4.98 Å². The second kappa shape index (κ2) is 7.06. The second-order valence-electron chi connectivity index (χ2n) is 6.27. The van der Waals surface area contributed by atoms with Gasteiger partial charge in [0.15, 0.2) is 12.5 Å². The minimum atomic E-state index is 0.688. The van der Waals surface area contributed by atoms with Gasteiger partial charge in [-0.3, -0.25) is 4.98 Å². The van der Waals surface area contributed by atoms with Crippen molar-refractivity contribution in [1.82, 2.24) is 24.3 Å². The van der Waals surface area contributed by atoms with Gasteiger partial charge < -0.3 is 9.47 Å². The number of aromatic nitrogens is 5. The fourth-order valence-electron chi connectivity index (χ4n) is 2.91. The van der Waals surface area contributed by atoms with Gasteiger partial charge in [-0.1, -0.05) is 12.1 Å². The van der Waals surface area contributed by atoms with Crippen molar-refractivity contribution in [3.05, 3.63) is 58.6 Å². The van der Waals surface area contributed by atoms with E-state index in [2.05, 4.69) is 30.2 Å². The average molecular weight is 384 g/mol. The molecule has 0 fully saturated rings. The number of nitrogens with one attached hydrogen (secondary N) is 1. The van der Waals surface area contributed by atoms with Crippen molar-refractivity contribution in [3.8, 4) is 11.4 Å². The third-order valence-electron chi connectivity index (χ3n) is 4.19. The molecule has 4 rings (SSSR count). The summed E-state index contributed by atoms with van der Waals surface area (Å²) in [4.78, 5) is 10.1. The first-order valence-electron chi connectivity index (χ1n) is 8.32. The van der Waals surface area contributed by atoms with Crippen LogP contribution in [0.15, 0.2) is 48.8 Å². The zero-order valence-corrected chi connectivity index (χ0v) is 16.2. The monoisotopic (exact) mass is 383 g/mol. The van der Waals surface area contributed by atoms with Crippen LogP contribution in [0.1, 0.15) is 5.01 Å². The average Bonchev–Trinajstić information content (AvgIpc) is 3.18. The first-order chi connectivity index (χ1) is 12.6. The molecule has 1 N–H and O–H groups in total. The van der Waals surface area contributed by atoms with E-state index in [9.17, 15) is 0 Å². The summed E-state index contributed by atoms with van der Waals surface area (Å²) in [7, 11) is 4.08. The van der Waals surface area contributed by atoms with Gasteiger partial charge in [-0.05, 0) is 36.5 Å². The molecule has 3 heterocycles. The van der Waals surface area contributed by atoms with Gasteiger partial charge in [0.2, 0.25) is 4.77 Å². The molecule has 26 heavy (non-hydrogen) atoms. The lowest BCUT2D eigenvalue weighted by atomic mass is 10.2. The molecule has 0 saturated carbocycles. The first-order valence-corrected chi connectivity index (χ1v) is 9.54. The molecule has 132 valence electrons. The highest BCUT2D eigenvalue weighted by Crippen LogP contribution is 2.20. The largest absolute Gasteiger partial charge is 0.313 e. The maximum absolute atomic E-state index is 5.57. The lowest BCUT2D eigenvalue weighted by Gasteiger charge is -2.11. The SMILES string of the molecule is Cn1c(-c2ccncc2)nn(C[NH+](C)Cc2nc3ccccc3s2)c1=S. The van der Waals surface area contributed by atoms with Gasteiger partial charge in [0, 0.05) is 25.0 Å². The Bertz CT molecular complexity index is 1060. The summed E-state index contributed by atoms with van der Waals surface area (Å²) in [6.45, 7) is 1.52. The van der Waals surface area contributed by atoms with Crippen LogP contribution in [0.25, 0.3) is 21.6 Å². The van der Waals surface area contributed by atoms with Crippen molar-refractivity contribution in [2.75, 3.05) is 7.05 Å². The Balaban J connectivity index is 1.54. The van der Waals surface area contributed by atoms with E-state index in [4.69, 9.17) is 22.3 Å². The number of pyridine rings is 1. The van der Waals surface area contributed by atoms with Crippen molar-refractivity contribution >= 4 is 33.8 Å². The van der Waals surface area contributed by atoms with Crippen LogP contribution >= 0.6 is 23.6 Å². The van der Waals surface area contributed by atoms with Crippen molar-refractivity contribution < 1.29 is 4.90 Å². The summed E-state index contributed by atoms with van der Waals surface area (Å²) in [6, 6.07) is 12.1. The van der Waals surface area contributed by atoms with Gasteiger partial charge in [-0.2, -0.15) is 4.68 Å². The quantitative estimate of drug-likeness (QED) is 0.537. The molecule has 1 unspecified atom stereocenters. The van der Waals surface area contributed by atoms with Crippen LogP contribution in [0, 0.1) is 4.77 Å². The summed E-state index contributed by atoms with van der Waals surface area (Å²) >= 11 is 7.32. The Morgan fingerprint density at radius 1 is 1.15 bits per heavy atom. The maximum atomic E-state index is 5.57. The molecule has 0 spiro atoms. The van der Waals surface area contributed by atoms with Gasteiger partial charge >= 0.3 is 0 Å². The van der Waals surface area contributed by atoms with E-state index >= 15 is 0 Å². The van der Waals surface area contributed by atoms with Crippen molar-refractivity contribution in [3.63, 3.8) is 0 Å². The van der Waals surface area contributed by atoms with E-state index in [1.165, 1.54) is 9.60 Å². The molecule has 0 saturated heterocycles. The maximum Gasteiger partial charge on any atom is 0.202 e. The molecule has 0 aliphatic rings. The number of hydrogen-bond donors (Lipinski definition) is 1. The molecule has 0 amide bonds. The van der Waals surface area contributed by atoms with Crippen molar-refractivity contribution in [1.29, 1.82) is 0 Å². The predicted molar refractivity (Wildman–Crippen MR) is 105 cm³/mol. The van der Waals surface area contributed by atoms with Crippen LogP contribution in [-0.2, 0) is 20.3 Å². The highest BCUT2D eigenvalue weighted by Gasteiger charge is 2.14. The van der Waals surface area contributed by atoms with Gasteiger partial charge in [0.25, 0.3) is 0 Å². The molecular weight excluding hydrogens is 364 g/mol. The van der Waals surface area contributed by atoms with E-state index in [1.54, 1.807) is 23.7 Å². The second-order valence-corrected chi connectivity index (χ2v) is 7.75. The lowest BCUT2D eigenvalue weighted by molar-refractivity contribution is -0.917. The topological polar surface area (TPSA) is 53.0 Å². The molecule has 1 atom stereocenters. The Morgan fingerprint density at radius 2 is 1.92 bits per heavy atom. The fraction of sp³-hybridized carbons (Fsp3) is 0.222. The molecule has 8 heteroatoms. The smallest absolute Gasteiger partial charge is 0.202 e. The van der Waals surface area contributed by atoms with Gasteiger partial charge in [0.05, 0.1) is 17.3 Å². The summed E-state index contributed by atoms with van der Waals surface area (Å²) in [5, 5.41) is 5.84. The van der Waals surface area contributed by atoms with Crippen LogP contribution in [0.4, 0.5) is 0 Å². The summed E-state index contributed by atoms with van der Waals surface area (Å²) < 4.78 is 5.76. The third-order valence-corrected chi connectivity index (χ3v) is 5.71. The molecule has 0 radical (unpaired) electrons. The molecule has 6 nitrogen and oxygen atoms in total. The fourth-order valence-corrected chi connectivity index (χ4v) is 4.18. The van der Waals surface area contributed by atoms with Crippen LogP contribution < -0.4 is 4.90 Å². The van der Waals surface area contributed by atoms with Gasteiger partial charge in [-0.15, -0.1) is 16.4 Å². The standard InChI is InChI=1S/C18H18N6S2/c1-22(11-16-20-14-5-3-4-6-15(14)26-16)12-24-18(25)23(2)17(21-24)13-7-9-19-10-8-13/h3-10H,11-12H2,1-2H3/p+1. The Labute approximate surface area is 160 Å². The molecular formula is C18H19N6S2+. The zero-order valence-electron chi connectivity index (χ0n) is 14.6. The van der Waals surface area contributed by atoms with Crippen molar-refractivity contribution in [2.24, 2.45) is 7.05 Å². The highest BCUT2D eigenvalue weighted by atomic mass is 32.1. The van der Waals surface area contributed by atoms with Crippen LogP contribution in [-0.4, -0.2) is 31.4 Å². The summed E-state index contributed by atoms with van der Waals surface area (Å²) in [5.41, 5.74) is 2.07. The Hall–Kier alpha value is -2.42. The van der Waals surface area contributed by atoms with E-state index in [1.807, 2.05) is 34.5 Å². The van der Waals surface area contributed by atoms with E-state index in [-0.39, 0.29) is 0 Å². The normalized spacial score (nSPS) is 12.5. The molecule has 0 bridgehead atoms. The minimum absolute atomic E-state index is 0.688. The number of quaternary nitrogens is 1. The molecule has 0 aliphatic heterocycles. The Morgan fingerprint density at radius 3 is 2.69 bits per heavy atom. The minimum Gasteiger partial charge on any atom is -0.313 e. The molecule has 0 aliphatic carbocycles. The zero-order chi connectivity index (χ0) is 18.1. The predicted octanol–water partition coefficient (Wildman–Crippen LogP) is 2.30. The van der Waals surface area contributed by atoms with E-state index < -0.39 is 0 Å². The number of rotatable bonds is 5. The highest BCUT2D eigenvalue weighted by molar-refractivity contribution is 7.71. The number of benzene rings is 1. The third kappa shape index (κ3) is 3.31. The molecule has 4 aromatic rings. The number of para-hydroxylation sites is 1. The summed E-state index contributed by atoms with van der Waals surface area (Å²) in [6.07, 6.45) is 3.53. The number of nitrogens with zero attached hydrogens (tertiary/aromatic N) is 5. The molecule has 1 aromatic carbocycles. The van der Waals surface area contributed by atoms with Crippen LogP contribution in [0.5, 0.6) is 0 Å². The lowest BCUT2D eigenvalue weighted by Crippen LogP contribution is -3.07. The number of fused-ring (bicyclic) bond motifs is 1. The first kappa shape index (κ1) is 17.0. The Kier molecular flexibility index (Phi) is 4.62. The van der Waals surface area contributed by atoms with Crippen molar-refractivity contribution in [2.45, 2.75) is 13.2 Å². The van der Waals surface area contributed by atoms with Gasteiger partial charge in [0.1, 0.15) is 11.6 Å². The van der Waals surface area contributed by atoms with E-state index in [0.717, 1.165) is 28.5 Å². The summed E-state index contributed by atoms with van der Waals surface area (Å²) in [5.74, 6) is 0.852. The number of thiazole rings is 1. The van der Waals surface area contributed by atoms with Crippen LogP contribution in [0.2, 0.25) is 0 Å².